The van der Waals surface area contributed by atoms with E-state index in [-0.39, 0.29) is 30.3 Å². The van der Waals surface area contributed by atoms with Gasteiger partial charge in [-0.05, 0) is 55.3 Å². The van der Waals surface area contributed by atoms with Crippen LogP contribution in [0.25, 0.3) is 6.08 Å². The van der Waals surface area contributed by atoms with Crippen molar-refractivity contribution >= 4 is 40.9 Å². The van der Waals surface area contributed by atoms with Gasteiger partial charge >= 0.3 is 5.97 Å². The van der Waals surface area contributed by atoms with Crippen LogP contribution in [0.5, 0.6) is 17.2 Å². The van der Waals surface area contributed by atoms with Gasteiger partial charge in [-0.2, -0.15) is 0 Å². The highest BCUT2D eigenvalue weighted by atomic mass is 35.5. The first kappa shape index (κ1) is 33.2. The lowest BCUT2D eigenvalue weighted by Gasteiger charge is -2.27. The summed E-state index contributed by atoms with van der Waals surface area (Å²) in [4.78, 5) is 47.1. The van der Waals surface area contributed by atoms with E-state index in [4.69, 9.17) is 40.3 Å². The predicted molar refractivity (Wildman–Crippen MR) is 174 cm³/mol. The van der Waals surface area contributed by atoms with E-state index in [1.165, 1.54) is 30.1 Å². The fourth-order valence-electron chi connectivity index (χ4n) is 5.42. The Hall–Kier alpha value is -4.13. The van der Waals surface area contributed by atoms with Crippen molar-refractivity contribution in [3.8, 4) is 17.2 Å². The first-order valence-corrected chi connectivity index (χ1v) is 16.2. The second-order valence-electron chi connectivity index (χ2n) is 10.5. The molecule has 0 bridgehead atoms. The Bertz CT molecular complexity index is 1830. The number of aromatic nitrogens is 1. The number of nitrogens with zero attached hydrogens (tertiary/aromatic N) is 3. The smallest absolute Gasteiger partial charge is 0.338 e. The van der Waals surface area contributed by atoms with E-state index in [9.17, 15) is 14.4 Å². The maximum absolute atomic E-state index is 14.2. The van der Waals surface area contributed by atoms with E-state index < -0.39 is 12.0 Å². The van der Waals surface area contributed by atoms with E-state index in [2.05, 4.69) is 0 Å². The van der Waals surface area contributed by atoms with Crippen LogP contribution in [0, 0.1) is 0 Å². The zero-order chi connectivity index (χ0) is 32.8. The monoisotopic (exact) mass is 669 g/mol. The average molecular weight is 670 g/mol. The van der Waals surface area contributed by atoms with Gasteiger partial charge in [0.15, 0.2) is 22.9 Å². The molecule has 3 aromatic rings. The van der Waals surface area contributed by atoms with E-state index in [1.807, 2.05) is 6.92 Å². The fraction of sp³-hybridized carbons (Fsp3) is 0.394. The van der Waals surface area contributed by atoms with Crippen molar-refractivity contribution in [3.05, 3.63) is 83.5 Å². The second kappa shape index (κ2) is 15.0. The van der Waals surface area contributed by atoms with Crippen LogP contribution in [-0.2, 0) is 19.1 Å². The molecule has 46 heavy (non-hydrogen) atoms. The SMILES string of the molecule is CCCC1=C(C(=O)OCC)[C@H](c2cc(Cl)ccc2OC)n2c(s/c(=C\c3ccc(OCC(=O)N4CCOCC4)c(OC)c3)c2=O)=N1. The van der Waals surface area contributed by atoms with Gasteiger partial charge in [0.1, 0.15) is 11.8 Å². The van der Waals surface area contributed by atoms with Crippen LogP contribution in [0.4, 0.5) is 0 Å². The van der Waals surface area contributed by atoms with Gasteiger partial charge < -0.3 is 28.6 Å². The summed E-state index contributed by atoms with van der Waals surface area (Å²) in [5, 5.41) is 0.427. The second-order valence-corrected chi connectivity index (χ2v) is 11.9. The number of ether oxygens (including phenoxy) is 5. The van der Waals surface area contributed by atoms with Crippen molar-refractivity contribution in [2.75, 3.05) is 53.7 Å². The number of halogens is 1. The quantitative estimate of drug-likeness (QED) is 0.285. The maximum atomic E-state index is 14.2. The van der Waals surface area contributed by atoms with E-state index >= 15 is 0 Å². The Morgan fingerprint density at radius 2 is 1.80 bits per heavy atom. The number of benzene rings is 2. The lowest BCUT2D eigenvalue weighted by atomic mass is 9.93. The third-order valence-corrected chi connectivity index (χ3v) is 8.80. The standard InChI is InChI=1S/C33H36ClN3O8S/c1-5-7-23-29(32(40)44-6-2)30(22-18-21(34)9-11-24(22)41-3)37-31(39)27(46-33(37)35-23)17-20-8-10-25(26(16-20)42-4)45-19-28(38)36-12-14-43-15-13-36/h8-11,16-18,30H,5-7,12-15,19H2,1-4H3/b27-17-/t30-/m0/s1. The van der Waals surface area contributed by atoms with Gasteiger partial charge in [0.05, 0.1) is 49.8 Å². The molecule has 244 valence electrons. The van der Waals surface area contributed by atoms with Crippen LogP contribution < -0.4 is 29.1 Å². The van der Waals surface area contributed by atoms with Gasteiger partial charge in [0.25, 0.3) is 11.5 Å². The highest BCUT2D eigenvalue weighted by Gasteiger charge is 2.36. The summed E-state index contributed by atoms with van der Waals surface area (Å²) in [5.41, 5.74) is 1.70. The molecule has 0 aliphatic carbocycles. The maximum Gasteiger partial charge on any atom is 0.338 e. The first-order chi connectivity index (χ1) is 22.3. The van der Waals surface area contributed by atoms with Crippen LogP contribution in [0.3, 0.4) is 0 Å². The molecular weight excluding hydrogens is 634 g/mol. The average Bonchev–Trinajstić information content (AvgIpc) is 3.37. The molecule has 1 saturated heterocycles. The molecule has 0 saturated carbocycles. The Morgan fingerprint density at radius 3 is 2.50 bits per heavy atom. The summed E-state index contributed by atoms with van der Waals surface area (Å²) in [6, 6.07) is 9.43. The minimum Gasteiger partial charge on any atom is -0.496 e. The minimum absolute atomic E-state index is 0.133. The van der Waals surface area contributed by atoms with Crippen LogP contribution in [-0.4, -0.2) is 75.1 Å². The molecule has 1 amide bonds. The highest BCUT2D eigenvalue weighted by Crippen LogP contribution is 2.38. The third kappa shape index (κ3) is 6.98. The van der Waals surface area contributed by atoms with Gasteiger partial charge in [-0.15, -0.1) is 0 Å². The number of esters is 1. The molecule has 1 fully saturated rings. The number of rotatable bonds is 11. The molecule has 2 aliphatic rings. The van der Waals surface area contributed by atoms with Gasteiger partial charge in [0, 0.05) is 23.7 Å². The number of methoxy groups -OCH3 is 2. The molecule has 3 heterocycles. The number of hydrogen-bond acceptors (Lipinski definition) is 10. The highest BCUT2D eigenvalue weighted by molar-refractivity contribution is 7.07. The molecule has 2 aromatic carbocycles. The van der Waals surface area contributed by atoms with E-state index in [0.29, 0.717) is 81.2 Å². The molecule has 13 heteroatoms. The Labute approximate surface area is 275 Å². The summed E-state index contributed by atoms with van der Waals surface area (Å²) in [6.07, 6.45) is 2.96. The van der Waals surface area contributed by atoms with Crippen molar-refractivity contribution in [2.24, 2.45) is 4.99 Å². The number of amides is 1. The van der Waals surface area contributed by atoms with E-state index in [1.54, 1.807) is 54.3 Å². The van der Waals surface area contributed by atoms with Crippen molar-refractivity contribution in [2.45, 2.75) is 32.7 Å². The lowest BCUT2D eigenvalue weighted by Crippen LogP contribution is -2.43. The van der Waals surface area contributed by atoms with Crippen LogP contribution in [0.1, 0.15) is 43.9 Å². The number of hydrogen-bond donors (Lipinski definition) is 0. The van der Waals surface area contributed by atoms with Gasteiger partial charge in [0.2, 0.25) is 0 Å². The van der Waals surface area contributed by atoms with Crippen LogP contribution >= 0.6 is 22.9 Å². The molecule has 11 nitrogen and oxygen atoms in total. The number of carbonyl (C=O) groups excluding carboxylic acids is 2. The fourth-order valence-corrected chi connectivity index (χ4v) is 6.62. The minimum atomic E-state index is -0.873. The van der Waals surface area contributed by atoms with Crippen LogP contribution in [0.15, 0.2) is 57.5 Å². The van der Waals surface area contributed by atoms with Crippen LogP contribution in [0.2, 0.25) is 5.02 Å². The van der Waals surface area contributed by atoms with Crippen molar-refractivity contribution in [1.29, 1.82) is 0 Å². The number of fused-ring (bicyclic) bond motifs is 1. The molecule has 1 aromatic heterocycles. The summed E-state index contributed by atoms with van der Waals surface area (Å²) < 4.78 is 29.7. The van der Waals surface area contributed by atoms with Gasteiger partial charge in [-0.25, -0.2) is 9.79 Å². The Morgan fingerprint density at radius 1 is 1.07 bits per heavy atom. The normalized spacial score (nSPS) is 16.5. The largest absolute Gasteiger partial charge is 0.496 e. The van der Waals surface area contributed by atoms with E-state index in [0.717, 1.165) is 6.42 Å². The predicted octanol–water partition coefficient (Wildman–Crippen LogP) is 3.49. The summed E-state index contributed by atoms with van der Waals surface area (Å²) in [7, 11) is 3.03. The molecule has 0 radical (unpaired) electrons. The molecule has 2 aliphatic heterocycles. The Kier molecular flexibility index (Phi) is 10.8. The molecule has 0 unspecified atom stereocenters. The lowest BCUT2D eigenvalue weighted by molar-refractivity contribution is -0.139. The summed E-state index contributed by atoms with van der Waals surface area (Å²) in [6.45, 7) is 5.82. The zero-order valence-corrected chi connectivity index (χ0v) is 27.7. The molecule has 0 N–H and O–H groups in total. The zero-order valence-electron chi connectivity index (χ0n) is 26.2. The molecule has 0 spiro atoms. The topological polar surface area (TPSA) is 118 Å². The van der Waals surface area contributed by atoms with Crippen molar-refractivity contribution in [1.82, 2.24) is 9.47 Å². The summed E-state index contributed by atoms with van der Waals surface area (Å²) >= 11 is 7.64. The van der Waals surface area contributed by atoms with Crippen molar-refractivity contribution < 1.29 is 33.3 Å². The van der Waals surface area contributed by atoms with Gasteiger partial charge in [-0.3, -0.25) is 14.2 Å². The molecular formula is C33H36ClN3O8S. The third-order valence-electron chi connectivity index (χ3n) is 7.58. The number of morpholine rings is 1. The summed E-state index contributed by atoms with van der Waals surface area (Å²) in [5.74, 6) is 0.595. The molecule has 5 rings (SSSR count). The van der Waals surface area contributed by atoms with Gasteiger partial charge in [-0.1, -0.05) is 42.3 Å². The number of carbonyl (C=O) groups is 2. The Balaban J connectivity index is 1.57. The van der Waals surface area contributed by atoms with Crippen molar-refractivity contribution in [3.63, 3.8) is 0 Å². The molecule has 1 atom stereocenters. The first-order valence-electron chi connectivity index (χ1n) is 15.0. The number of thiazole rings is 1. The number of allylic oxidation sites excluding steroid dienone is 1.